The second-order valence-corrected chi connectivity index (χ2v) is 8.05. The minimum absolute atomic E-state index is 0.136. The van der Waals surface area contributed by atoms with E-state index in [2.05, 4.69) is 42.3 Å². The molecule has 0 atom stereocenters. The van der Waals surface area contributed by atoms with E-state index in [4.69, 9.17) is 16.6 Å². The van der Waals surface area contributed by atoms with Crippen molar-refractivity contribution in [3.63, 3.8) is 0 Å². The first-order valence-electron chi connectivity index (χ1n) is 12.0. The lowest BCUT2D eigenvalue weighted by atomic mass is 10.1. The number of aromatic nitrogens is 2. The molecule has 1 aromatic heterocycles. The molecule has 0 fully saturated rings. The summed E-state index contributed by atoms with van der Waals surface area (Å²) >= 11 is 6.07. The fraction of sp³-hybridized carbons (Fsp3) is 0.357. The zero-order valence-corrected chi connectivity index (χ0v) is 22.3. The monoisotopic (exact) mass is 480 g/mol. The van der Waals surface area contributed by atoms with Crippen molar-refractivity contribution in [2.45, 2.75) is 54.0 Å². The van der Waals surface area contributed by atoms with Gasteiger partial charge < -0.3 is 4.57 Å². The number of hydrogen-bond acceptors (Lipinski definition) is 2. The molecule has 2 amide bonds. The topological polar surface area (TPSA) is 41.4 Å². The second-order valence-electron chi connectivity index (χ2n) is 7.61. The molecule has 2 aromatic carbocycles. The molecule has 0 bridgehead atoms. The Kier molecular flexibility index (Phi) is 9.94. The quantitative estimate of drug-likeness (QED) is 0.385. The van der Waals surface area contributed by atoms with Crippen LogP contribution in [0.1, 0.15) is 62.8 Å². The normalized spacial score (nSPS) is 12.5. The van der Waals surface area contributed by atoms with Crippen LogP contribution in [0.3, 0.4) is 0 Å². The maximum Gasteiger partial charge on any atom is 0.329 e. The minimum atomic E-state index is -0.136. The number of fused-ring (bicyclic) bond motifs is 1. The average molecular weight is 481 g/mol. The minimum Gasteiger partial charge on any atom is -0.320 e. The Morgan fingerprint density at radius 3 is 2.15 bits per heavy atom. The van der Waals surface area contributed by atoms with Gasteiger partial charge in [-0.2, -0.15) is 0 Å². The highest BCUT2D eigenvalue weighted by molar-refractivity contribution is 6.30. The van der Waals surface area contributed by atoms with E-state index < -0.39 is 0 Å². The number of urea groups is 1. The van der Waals surface area contributed by atoms with E-state index in [0.717, 1.165) is 23.5 Å². The molecule has 0 spiro atoms. The van der Waals surface area contributed by atoms with Crippen molar-refractivity contribution < 1.29 is 4.79 Å². The van der Waals surface area contributed by atoms with E-state index in [9.17, 15) is 4.79 Å². The van der Waals surface area contributed by atoms with Crippen LogP contribution in [0, 0.1) is 0 Å². The number of hydrogen-bond donors (Lipinski definition) is 0. The van der Waals surface area contributed by atoms with Crippen molar-refractivity contribution in [1.82, 2.24) is 14.5 Å². The fourth-order valence-corrected chi connectivity index (χ4v) is 3.94. The number of anilines is 1. The van der Waals surface area contributed by atoms with Crippen LogP contribution < -0.4 is 4.90 Å². The van der Waals surface area contributed by atoms with Gasteiger partial charge in [0.2, 0.25) is 0 Å². The van der Waals surface area contributed by atoms with Gasteiger partial charge in [-0.05, 0) is 35.2 Å². The molecule has 0 radical (unpaired) electrons. The standard InChI is InChI=1S/C24H25ClN4O.2C2H6/c1-5-17-7-6-8-19(13-17)14-21-26-23-22(16(2)27(3)24(30)28(23)4)29(21)15-18-9-11-20(25)12-10-18;2*1-2/h6-13H,2,5,14-15H2,1,3-4H3;2*1-2H3. The van der Waals surface area contributed by atoms with Gasteiger partial charge in [-0.3, -0.25) is 9.80 Å². The molecule has 2 heterocycles. The first kappa shape index (κ1) is 27.2. The molecule has 0 saturated carbocycles. The van der Waals surface area contributed by atoms with E-state index in [1.807, 2.05) is 52.0 Å². The first-order valence-corrected chi connectivity index (χ1v) is 12.4. The summed E-state index contributed by atoms with van der Waals surface area (Å²) in [5, 5.41) is 0.706. The summed E-state index contributed by atoms with van der Waals surface area (Å²) in [6, 6.07) is 16.2. The van der Waals surface area contributed by atoms with Crippen molar-refractivity contribution >= 4 is 29.1 Å². The highest BCUT2D eigenvalue weighted by Gasteiger charge is 2.34. The lowest BCUT2D eigenvalue weighted by Crippen LogP contribution is -2.42. The van der Waals surface area contributed by atoms with Gasteiger partial charge in [0.1, 0.15) is 11.5 Å². The summed E-state index contributed by atoms with van der Waals surface area (Å²) in [5.41, 5.74) is 5.13. The highest BCUT2D eigenvalue weighted by atomic mass is 35.5. The molecule has 5 nitrogen and oxygen atoms in total. The van der Waals surface area contributed by atoms with Crippen LogP contribution in [0.15, 0.2) is 55.1 Å². The van der Waals surface area contributed by atoms with E-state index >= 15 is 0 Å². The molecule has 182 valence electrons. The molecule has 4 rings (SSSR count). The third-order valence-corrected chi connectivity index (χ3v) is 5.87. The number of benzene rings is 2. The summed E-state index contributed by atoms with van der Waals surface area (Å²) in [6.07, 6.45) is 1.66. The van der Waals surface area contributed by atoms with Crippen molar-refractivity contribution in [3.8, 4) is 0 Å². The van der Waals surface area contributed by atoms with Gasteiger partial charge in [-0.15, -0.1) is 0 Å². The number of carbonyl (C=O) groups is 1. The van der Waals surface area contributed by atoms with Crippen molar-refractivity contribution in [2.75, 3.05) is 19.0 Å². The van der Waals surface area contributed by atoms with Crippen LogP contribution in [-0.4, -0.2) is 34.6 Å². The summed E-state index contributed by atoms with van der Waals surface area (Å²) in [5.74, 6) is 1.55. The summed E-state index contributed by atoms with van der Waals surface area (Å²) in [7, 11) is 3.50. The van der Waals surface area contributed by atoms with E-state index in [1.54, 1.807) is 23.9 Å². The van der Waals surface area contributed by atoms with Crippen LogP contribution in [0.25, 0.3) is 5.70 Å². The molecule has 0 unspecified atom stereocenters. The summed E-state index contributed by atoms with van der Waals surface area (Å²) in [4.78, 5) is 20.6. The number of rotatable bonds is 5. The Bertz CT molecular complexity index is 1120. The molecule has 34 heavy (non-hydrogen) atoms. The van der Waals surface area contributed by atoms with E-state index in [-0.39, 0.29) is 6.03 Å². The molecule has 0 saturated heterocycles. The van der Waals surface area contributed by atoms with E-state index in [0.29, 0.717) is 29.5 Å². The Balaban J connectivity index is 0.000000970. The largest absolute Gasteiger partial charge is 0.329 e. The Labute approximate surface area is 209 Å². The van der Waals surface area contributed by atoms with Crippen molar-refractivity contribution in [3.05, 3.63) is 88.3 Å². The molecular weight excluding hydrogens is 444 g/mol. The van der Waals surface area contributed by atoms with Crippen LogP contribution in [-0.2, 0) is 19.4 Å². The van der Waals surface area contributed by atoms with Gasteiger partial charge >= 0.3 is 6.03 Å². The number of aryl methyl sites for hydroxylation is 1. The van der Waals surface area contributed by atoms with Crippen LogP contribution in [0.5, 0.6) is 0 Å². The lowest BCUT2D eigenvalue weighted by molar-refractivity contribution is 0.230. The van der Waals surface area contributed by atoms with Crippen molar-refractivity contribution in [2.24, 2.45) is 0 Å². The predicted molar refractivity (Wildman–Crippen MR) is 145 cm³/mol. The van der Waals surface area contributed by atoms with E-state index in [1.165, 1.54) is 11.1 Å². The zero-order chi connectivity index (χ0) is 25.4. The molecule has 6 heteroatoms. The third-order valence-electron chi connectivity index (χ3n) is 5.61. The highest BCUT2D eigenvalue weighted by Crippen LogP contribution is 2.35. The van der Waals surface area contributed by atoms with Crippen LogP contribution in [0.2, 0.25) is 5.02 Å². The Morgan fingerprint density at radius 2 is 1.53 bits per heavy atom. The molecule has 0 N–H and O–H groups in total. The SMILES string of the molecule is C=C1c2c(nc(Cc3cccc(CC)c3)n2Cc2ccc(Cl)cc2)N(C)C(=O)N1C.CC.CC. The molecule has 0 aliphatic carbocycles. The molecular formula is C28H37ClN4O. The Morgan fingerprint density at radius 1 is 0.912 bits per heavy atom. The van der Waals surface area contributed by atoms with Gasteiger partial charge in [-0.1, -0.05) is 89.2 Å². The molecule has 1 aliphatic heterocycles. The van der Waals surface area contributed by atoms with Gasteiger partial charge in [0.15, 0.2) is 5.82 Å². The first-order chi connectivity index (χ1) is 16.4. The number of nitrogens with zero attached hydrogens (tertiary/aromatic N) is 4. The smallest absolute Gasteiger partial charge is 0.320 e. The maximum atomic E-state index is 12.6. The van der Waals surface area contributed by atoms with Gasteiger partial charge in [0, 0.05) is 32.1 Å². The Hall–Kier alpha value is -3.05. The second kappa shape index (κ2) is 12.4. The van der Waals surface area contributed by atoms with Crippen molar-refractivity contribution in [1.29, 1.82) is 0 Å². The fourth-order valence-electron chi connectivity index (χ4n) is 3.81. The van der Waals surface area contributed by atoms with Crippen LogP contribution >= 0.6 is 11.6 Å². The van der Waals surface area contributed by atoms with Crippen LogP contribution in [0.4, 0.5) is 10.6 Å². The lowest BCUT2D eigenvalue weighted by Gasteiger charge is -2.32. The van der Waals surface area contributed by atoms with Gasteiger partial charge in [-0.25, -0.2) is 9.78 Å². The summed E-state index contributed by atoms with van der Waals surface area (Å²) in [6.45, 7) is 15.0. The molecule has 1 aliphatic rings. The van der Waals surface area contributed by atoms with Gasteiger partial charge in [0.25, 0.3) is 0 Å². The third kappa shape index (κ3) is 5.71. The number of imidazole rings is 1. The van der Waals surface area contributed by atoms with Gasteiger partial charge in [0.05, 0.1) is 5.70 Å². The number of amides is 2. The summed E-state index contributed by atoms with van der Waals surface area (Å²) < 4.78 is 2.17. The zero-order valence-electron chi connectivity index (χ0n) is 21.5. The predicted octanol–water partition coefficient (Wildman–Crippen LogP) is 7.26. The number of carbonyl (C=O) groups excluding carboxylic acids is 1. The maximum absolute atomic E-state index is 12.6. The number of halogens is 1. The molecule has 3 aromatic rings. The average Bonchev–Trinajstić information content (AvgIpc) is 3.23.